The Bertz CT molecular complexity index is 417. The molecule has 1 aromatic rings. The molecular weight excluding hydrogens is 238 g/mol. The lowest BCUT2D eigenvalue weighted by Gasteiger charge is -2.35. The molecule has 0 aliphatic carbocycles. The van der Waals surface area contributed by atoms with Crippen LogP contribution in [0.3, 0.4) is 0 Å². The Balaban J connectivity index is 3.12. The fraction of sp³-hybridized carbons (Fsp3) is 0.500. The Hall–Kier alpha value is -1.32. The molecule has 0 aromatic heterocycles. The largest absolute Gasteiger partial charge is 0.497 e. The van der Waals surface area contributed by atoms with Crippen LogP contribution in [0.4, 0.5) is 0 Å². The third-order valence-corrected chi connectivity index (χ3v) is 3.48. The van der Waals surface area contributed by atoms with Gasteiger partial charge in [-0.25, -0.2) is 0 Å². The maximum atomic E-state index is 11.1. The van der Waals surface area contributed by atoms with Gasteiger partial charge >= 0.3 is 0 Å². The van der Waals surface area contributed by atoms with Crippen molar-refractivity contribution in [3.8, 4) is 5.75 Å². The van der Waals surface area contributed by atoms with Gasteiger partial charge < -0.3 is 14.7 Å². The molecule has 0 saturated heterocycles. The number of hydrogen-bond acceptors (Lipinski definition) is 3. The minimum absolute atomic E-state index is 0.0904. The monoisotopic (exact) mass is 263 g/mol. The van der Waals surface area contributed by atoms with E-state index in [0.717, 1.165) is 17.9 Å². The Kier molecular flexibility index (Phi) is 5.58. The summed E-state index contributed by atoms with van der Waals surface area (Å²) in [5.74, 6) is 0.852. The molecule has 0 bridgehead atoms. The average Bonchev–Trinajstić information content (AvgIpc) is 2.38. The molecule has 19 heavy (non-hydrogen) atoms. The highest BCUT2D eigenvalue weighted by atomic mass is 16.5. The number of nitrogens with zero attached hydrogens (tertiary/aromatic N) is 1. The second-order valence-corrected chi connectivity index (χ2v) is 5.31. The van der Waals surface area contributed by atoms with Crippen molar-refractivity contribution < 1.29 is 9.84 Å². The molecular formula is C16H25NO2. The second kappa shape index (κ2) is 6.73. The van der Waals surface area contributed by atoms with Crippen LogP contribution in [0.2, 0.25) is 0 Å². The molecule has 1 aromatic carbocycles. The van der Waals surface area contributed by atoms with Crippen molar-refractivity contribution in [2.45, 2.75) is 18.9 Å². The van der Waals surface area contributed by atoms with Crippen molar-refractivity contribution >= 4 is 0 Å². The lowest BCUT2D eigenvalue weighted by molar-refractivity contribution is -0.0231. The number of hydrogen-bond donors (Lipinski definition) is 1. The van der Waals surface area contributed by atoms with Gasteiger partial charge in [-0.1, -0.05) is 25.1 Å². The predicted octanol–water partition coefficient (Wildman–Crippen LogP) is 2.66. The lowest BCUT2D eigenvalue weighted by atomic mass is 9.79. The fourth-order valence-corrected chi connectivity index (χ4v) is 2.41. The highest BCUT2D eigenvalue weighted by molar-refractivity contribution is 5.33. The molecule has 0 aliphatic heterocycles. The van der Waals surface area contributed by atoms with Crippen LogP contribution < -0.4 is 4.74 Å². The second-order valence-electron chi connectivity index (χ2n) is 5.31. The summed E-state index contributed by atoms with van der Waals surface area (Å²) in [5, 5.41) is 11.1. The average molecular weight is 263 g/mol. The van der Waals surface area contributed by atoms with Gasteiger partial charge in [0.2, 0.25) is 0 Å². The molecule has 1 N–H and O–H groups in total. The van der Waals surface area contributed by atoms with E-state index in [2.05, 4.69) is 18.4 Å². The van der Waals surface area contributed by atoms with Crippen LogP contribution in [-0.2, 0) is 5.60 Å². The number of rotatable bonds is 7. The molecule has 0 saturated carbocycles. The van der Waals surface area contributed by atoms with Crippen molar-refractivity contribution in [2.24, 2.45) is 5.92 Å². The zero-order chi connectivity index (χ0) is 14.5. The summed E-state index contributed by atoms with van der Waals surface area (Å²) < 4.78 is 5.24. The van der Waals surface area contributed by atoms with E-state index >= 15 is 0 Å². The standard InChI is InChI=1S/C16H25NO2/c1-6-10-16(18,13(2)12-17(3)4)14-8-7-9-15(11-14)19-5/h6-9,11,13,18H,1,10,12H2,2-5H3. The first-order valence-corrected chi connectivity index (χ1v) is 6.56. The zero-order valence-electron chi connectivity index (χ0n) is 12.4. The smallest absolute Gasteiger partial charge is 0.119 e. The lowest BCUT2D eigenvalue weighted by Crippen LogP contribution is -2.38. The van der Waals surface area contributed by atoms with Crippen LogP contribution in [0.1, 0.15) is 18.9 Å². The molecule has 0 aliphatic rings. The van der Waals surface area contributed by atoms with E-state index < -0.39 is 5.60 Å². The minimum Gasteiger partial charge on any atom is -0.497 e. The summed E-state index contributed by atoms with van der Waals surface area (Å²) in [7, 11) is 5.65. The normalized spacial score (nSPS) is 15.9. The quantitative estimate of drug-likeness (QED) is 0.768. The third kappa shape index (κ3) is 3.82. The molecule has 0 amide bonds. The molecule has 2 atom stereocenters. The van der Waals surface area contributed by atoms with Gasteiger partial charge in [0.25, 0.3) is 0 Å². The molecule has 1 rings (SSSR count). The number of ether oxygens (including phenoxy) is 1. The summed E-state index contributed by atoms with van der Waals surface area (Å²) in [5.41, 5.74) is -0.0401. The van der Waals surface area contributed by atoms with Gasteiger partial charge in [0.05, 0.1) is 12.7 Å². The molecule has 106 valence electrons. The van der Waals surface area contributed by atoms with Crippen molar-refractivity contribution in [1.29, 1.82) is 0 Å². The SMILES string of the molecule is C=CCC(O)(c1cccc(OC)c1)C(C)CN(C)C. The van der Waals surface area contributed by atoms with E-state index in [1.54, 1.807) is 13.2 Å². The minimum atomic E-state index is -0.916. The molecule has 0 heterocycles. The van der Waals surface area contributed by atoms with Crippen LogP contribution in [0, 0.1) is 5.92 Å². The van der Waals surface area contributed by atoms with Crippen molar-refractivity contribution in [3.63, 3.8) is 0 Å². The van der Waals surface area contributed by atoms with Gasteiger partial charge in [-0.2, -0.15) is 0 Å². The molecule has 0 fully saturated rings. The number of aliphatic hydroxyl groups is 1. The number of benzene rings is 1. The molecule has 0 spiro atoms. The number of methoxy groups -OCH3 is 1. The van der Waals surface area contributed by atoms with Gasteiger partial charge in [0.1, 0.15) is 5.75 Å². The summed E-state index contributed by atoms with van der Waals surface area (Å²) in [6.45, 7) is 6.64. The summed E-state index contributed by atoms with van der Waals surface area (Å²) in [4.78, 5) is 2.08. The van der Waals surface area contributed by atoms with Gasteiger partial charge in [0, 0.05) is 12.5 Å². The van der Waals surface area contributed by atoms with Crippen LogP contribution in [0.5, 0.6) is 5.75 Å². The van der Waals surface area contributed by atoms with E-state index in [4.69, 9.17) is 4.74 Å². The van der Waals surface area contributed by atoms with E-state index in [9.17, 15) is 5.11 Å². The first kappa shape index (κ1) is 15.7. The van der Waals surface area contributed by atoms with E-state index in [1.807, 2.05) is 38.4 Å². The first-order chi connectivity index (χ1) is 8.93. The highest BCUT2D eigenvalue weighted by Gasteiger charge is 2.34. The van der Waals surface area contributed by atoms with Crippen LogP contribution in [0.15, 0.2) is 36.9 Å². The molecule has 0 radical (unpaired) electrons. The van der Waals surface area contributed by atoms with E-state index in [1.165, 1.54) is 0 Å². The maximum Gasteiger partial charge on any atom is 0.119 e. The van der Waals surface area contributed by atoms with E-state index in [-0.39, 0.29) is 5.92 Å². The first-order valence-electron chi connectivity index (χ1n) is 6.56. The van der Waals surface area contributed by atoms with Gasteiger partial charge in [-0.15, -0.1) is 6.58 Å². The van der Waals surface area contributed by atoms with Gasteiger partial charge in [0.15, 0.2) is 0 Å². The highest BCUT2D eigenvalue weighted by Crippen LogP contribution is 2.35. The Labute approximate surface area is 116 Å². The van der Waals surface area contributed by atoms with Crippen LogP contribution in [-0.4, -0.2) is 37.8 Å². The summed E-state index contributed by atoms with van der Waals surface area (Å²) in [6.07, 6.45) is 2.29. The molecule has 3 nitrogen and oxygen atoms in total. The Morgan fingerprint density at radius 1 is 1.47 bits per heavy atom. The Morgan fingerprint density at radius 3 is 2.68 bits per heavy atom. The molecule has 3 heteroatoms. The predicted molar refractivity (Wildman–Crippen MR) is 79.4 cm³/mol. The van der Waals surface area contributed by atoms with Crippen molar-refractivity contribution in [2.75, 3.05) is 27.7 Å². The van der Waals surface area contributed by atoms with Gasteiger partial charge in [-0.3, -0.25) is 0 Å². The summed E-state index contributed by atoms with van der Waals surface area (Å²) in [6, 6.07) is 7.63. The van der Waals surface area contributed by atoms with E-state index in [0.29, 0.717) is 6.42 Å². The molecule has 2 unspecified atom stereocenters. The third-order valence-electron chi connectivity index (χ3n) is 3.48. The zero-order valence-corrected chi connectivity index (χ0v) is 12.4. The maximum absolute atomic E-state index is 11.1. The van der Waals surface area contributed by atoms with Crippen LogP contribution in [0.25, 0.3) is 0 Å². The van der Waals surface area contributed by atoms with Crippen LogP contribution >= 0.6 is 0 Å². The topological polar surface area (TPSA) is 32.7 Å². The Morgan fingerprint density at radius 2 is 2.16 bits per heavy atom. The van der Waals surface area contributed by atoms with Gasteiger partial charge in [-0.05, 0) is 38.2 Å². The van der Waals surface area contributed by atoms with Crippen molar-refractivity contribution in [3.05, 3.63) is 42.5 Å². The fourth-order valence-electron chi connectivity index (χ4n) is 2.41. The summed E-state index contributed by atoms with van der Waals surface area (Å²) >= 11 is 0. The van der Waals surface area contributed by atoms with Crippen molar-refractivity contribution in [1.82, 2.24) is 4.90 Å².